The maximum Gasteiger partial charge on any atom is 0.0661 e. The van der Waals surface area contributed by atoms with E-state index in [0.29, 0.717) is 11.5 Å². The molecule has 1 N–H and O–H groups in total. The molecule has 0 aromatic carbocycles. The molecular weight excluding hydrogens is 242 g/mol. The minimum atomic E-state index is 0.541. The Hall–Kier alpha value is 0.270. The summed E-state index contributed by atoms with van der Waals surface area (Å²) in [7, 11) is 0. The van der Waals surface area contributed by atoms with E-state index in [1.165, 1.54) is 56.6 Å². The molecule has 1 aliphatic heterocycles. The number of thioether (sulfide) groups is 1. The lowest BCUT2D eigenvalue weighted by Gasteiger charge is -2.61. The third kappa shape index (κ3) is 2.34. The summed E-state index contributed by atoms with van der Waals surface area (Å²) in [6, 6.07) is 0.761. The van der Waals surface area contributed by atoms with E-state index < -0.39 is 0 Å². The molecular formula is C15H27NOS. The second kappa shape index (κ2) is 5.72. The summed E-state index contributed by atoms with van der Waals surface area (Å²) in [6.07, 6.45) is 8.89. The Morgan fingerprint density at radius 1 is 1.28 bits per heavy atom. The summed E-state index contributed by atoms with van der Waals surface area (Å²) >= 11 is 2.13. The molecule has 104 valence electrons. The smallest absolute Gasteiger partial charge is 0.0661 e. The fourth-order valence-electron chi connectivity index (χ4n) is 3.98. The molecule has 3 aliphatic rings. The molecule has 3 heteroatoms. The predicted octanol–water partition coefficient (Wildman–Crippen LogP) is 3.07. The zero-order valence-electron chi connectivity index (χ0n) is 11.6. The molecule has 3 rings (SSSR count). The van der Waals surface area contributed by atoms with Crippen molar-refractivity contribution in [1.29, 1.82) is 0 Å². The molecule has 1 saturated heterocycles. The Labute approximate surface area is 116 Å². The second-order valence-electron chi connectivity index (χ2n) is 6.28. The van der Waals surface area contributed by atoms with Crippen LogP contribution in [0.2, 0.25) is 0 Å². The van der Waals surface area contributed by atoms with Gasteiger partial charge in [-0.2, -0.15) is 11.8 Å². The van der Waals surface area contributed by atoms with Crippen molar-refractivity contribution in [3.8, 4) is 0 Å². The largest absolute Gasteiger partial charge is 0.378 e. The van der Waals surface area contributed by atoms with Crippen molar-refractivity contribution in [2.24, 2.45) is 11.3 Å². The fraction of sp³-hybridized carbons (Fsp3) is 1.00. The van der Waals surface area contributed by atoms with E-state index in [2.05, 4.69) is 24.0 Å². The number of ether oxygens (including phenoxy) is 1. The number of nitrogens with one attached hydrogen (secondary N) is 1. The van der Waals surface area contributed by atoms with Crippen LogP contribution in [0.25, 0.3) is 0 Å². The molecule has 0 aromatic rings. The number of rotatable bonds is 5. The lowest BCUT2D eigenvalue weighted by atomic mass is 9.51. The van der Waals surface area contributed by atoms with Gasteiger partial charge in [-0.3, -0.25) is 0 Å². The van der Waals surface area contributed by atoms with Gasteiger partial charge in [-0.25, -0.2) is 0 Å². The van der Waals surface area contributed by atoms with Gasteiger partial charge in [0.15, 0.2) is 0 Å². The SMILES string of the molecule is CCOC1CC(NCC2CCSCC2)C12CCC2. The van der Waals surface area contributed by atoms with Gasteiger partial charge in [-0.1, -0.05) is 6.42 Å². The van der Waals surface area contributed by atoms with E-state index in [-0.39, 0.29) is 0 Å². The Morgan fingerprint density at radius 3 is 2.67 bits per heavy atom. The zero-order chi connectivity index (χ0) is 12.4. The summed E-state index contributed by atoms with van der Waals surface area (Å²) in [6.45, 7) is 4.28. The van der Waals surface area contributed by atoms with Crippen LogP contribution in [0, 0.1) is 11.3 Å². The summed E-state index contributed by atoms with van der Waals surface area (Å²) in [5, 5.41) is 3.88. The van der Waals surface area contributed by atoms with Crippen molar-refractivity contribution in [1.82, 2.24) is 5.32 Å². The third-order valence-electron chi connectivity index (χ3n) is 5.43. The Morgan fingerprint density at radius 2 is 2.06 bits per heavy atom. The molecule has 0 bridgehead atoms. The normalized spacial score (nSPS) is 35.2. The Kier molecular flexibility index (Phi) is 4.21. The molecule has 2 unspecified atom stereocenters. The quantitative estimate of drug-likeness (QED) is 0.829. The van der Waals surface area contributed by atoms with Crippen LogP contribution in [0.3, 0.4) is 0 Å². The molecule has 1 spiro atoms. The highest BCUT2D eigenvalue weighted by molar-refractivity contribution is 7.99. The second-order valence-corrected chi connectivity index (χ2v) is 7.51. The molecule has 2 nitrogen and oxygen atoms in total. The van der Waals surface area contributed by atoms with Crippen LogP contribution >= 0.6 is 11.8 Å². The molecule has 2 aliphatic carbocycles. The van der Waals surface area contributed by atoms with E-state index in [9.17, 15) is 0 Å². The van der Waals surface area contributed by atoms with Crippen LogP contribution in [0.5, 0.6) is 0 Å². The Bertz CT molecular complexity index is 274. The van der Waals surface area contributed by atoms with E-state index in [1.807, 2.05) is 0 Å². The first kappa shape index (κ1) is 13.3. The van der Waals surface area contributed by atoms with E-state index in [0.717, 1.165) is 18.6 Å². The first-order chi connectivity index (χ1) is 8.85. The van der Waals surface area contributed by atoms with Crippen molar-refractivity contribution >= 4 is 11.8 Å². The van der Waals surface area contributed by atoms with Crippen molar-refractivity contribution in [2.45, 2.75) is 57.6 Å². The number of hydrogen-bond acceptors (Lipinski definition) is 3. The van der Waals surface area contributed by atoms with Gasteiger partial charge in [0, 0.05) is 18.1 Å². The van der Waals surface area contributed by atoms with Crippen LogP contribution in [0.4, 0.5) is 0 Å². The van der Waals surface area contributed by atoms with Crippen molar-refractivity contribution in [3.63, 3.8) is 0 Å². The van der Waals surface area contributed by atoms with Gasteiger partial charge in [0.1, 0.15) is 0 Å². The molecule has 3 fully saturated rings. The van der Waals surface area contributed by atoms with E-state index >= 15 is 0 Å². The third-order valence-corrected chi connectivity index (χ3v) is 6.48. The predicted molar refractivity (Wildman–Crippen MR) is 78.2 cm³/mol. The lowest BCUT2D eigenvalue weighted by molar-refractivity contribution is -0.173. The average Bonchev–Trinajstić information content (AvgIpc) is 2.32. The lowest BCUT2D eigenvalue weighted by Crippen LogP contribution is -2.67. The maximum atomic E-state index is 5.91. The van der Waals surface area contributed by atoms with Crippen LogP contribution in [0.15, 0.2) is 0 Å². The van der Waals surface area contributed by atoms with Crippen LogP contribution < -0.4 is 5.32 Å². The highest BCUT2D eigenvalue weighted by Gasteiger charge is 2.58. The molecule has 18 heavy (non-hydrogen) atoms. The summed E-state index contributed by atoms with van der Waals surface area (Å²) in [5.41, 5.74) is 0.541. The highest BCUT2D eigenvalue weighted by Crippen LogP contribution is 2.57. The monoisotopic (exact) mass is 269 g/mol. The summed E-state index contributed by atoms with van der Waals surface area (Å²) in [4.78, 5) is 0. The molecule has 0 aromatic heterocycles. The minimum Gasteiger partial charge on any atom is -0.378 e. The van der Waals surface area contributed by atoms with Gasteiger partial charge >= 0.3 is 0 Å². The minimum absolute atomic E-state index is 0.541. The van der Waals surface area contributed by atoms with E-state index in [4.69, 9.17) is 4.74 Å². The first-order valence-electron chi connectivity index (χ1n) is 7.78. The summed E-state index contributed by atoms with van der Waals surface area (Å²) in [5.74, 6) is 3.70. The van der Waals surface area contributed by atoms with Gasteiger partial charge in [0.05, 0.1) is 6.10 Å². The highest BCUT2D eigenvalue weighted by atomic mass is 32.2. The van der Waals surface area contributed by atoms with Gasteiger partial charge in [0.2, 0.25) is 0 Å². The van der Waals surface area contributed by atoms with Crippen LogP contribution in [-0.4, -0.2) is 36.8 Å². The standard InChI is InChI=1S/C15H27NOS/c1-2-17-14-10-13(15(14)6-3-7-15)16-11-12-4-8-18-9-5-12/h12-14,16H,2-11H2,1H3. The van der Waals surface area contributed by atoms with Crippen molar-refractivity contribution < 1.29 is 4.74 Å². The molecule has 1 heterocycles. The van der Waals surface area contributed by atoms with Crippen LogP contribution in [0.1, 0.15) is 45.4 Å². The molecule has 0 amide bonds. The van der Waals surface area contributed by atoms with Crippen LogP contribution in [-0.2, 0) is 4.74 Å². The topological polar surface area (TPSA) is 21.3 Å². The zero-order valence-corrected chi connectivity index (χ0v) is 12.4. The first-order valence-corrected chi connectivity index (χ1v) is 8.93. The van der Waals surface area contributed by atoms with Gasteiger partial charge in [-0.15, -0.1) is 0 Å². The summed E-state index contributed by atoms with van der Waals surface area (Å²) < 4.78 is 5.91. The maximum absolute atomic E-state index is 5.91. The number of hydrogen-bond donors (Lipinski definition) is 1. The van der Waals surface area contributed by atoms with Gasteiger partial charge < -0.3 is 10.1 Å². The van der Waals surface area contributed by atoms with Crippen molar-refractivity contribution in [2.75, 3.05) is 24.7 Å². The molecule has 2 atom stereocenters. The molecule has 0 radical (unpaired) electrons. The van der Waals surface area contributed by atoms with E-state index in [1.54, 1.807) is 0 Å². The average molecular weight is 269 g/mol. The Balaban J connectivity index is 1.46. The fourth-order valence-corrected chi connectivity index (χ4v) is 5.19. The van der Waals surface area contributed by atoms with Crippen molar-refractivity contribution in [3.05, 3.63) is 0 Å². The van der Waals surface area contributed by atoms with Gasteiger partial charge in [0.25, 0.3) is 0 Å². The molecule has 2 saturated carbocycles. The van der Waals surface area contributed by atoms with Gasteiger partial charge in [-0.05, 0) is 63.0 Å².